The van der Waals surface area contributed by atoms with E-state index in [1.807, 2.05) is 30.3 Å². The largest absolute Gasteiger partial charge is 0.357 e. The van der Waals surface area contributed by atoms with Crippen molar-refractivity contribution in [3.8, 4) is 0 Å². The molecule has 1 aromatic heterocycles. The highest BCUT2D eigenvalue weighted by atomic mass is 35.5. The zero-order valence-electron chi connectivity index (χ0n) is 17.4. The lowest BCUT2D eigenvalue weighted by Crippen LogP contribution is -2.40. The summed E-state index contributed by atoms with van der Waals surface area (Å²) < 4.78 is 29.0. The molecule has 0 amide bonds. The number of H-pyrrole nitrogens is 1. The first-order chi connectivity index (χ1) is 15.4. The smallest absolute Gasteiger partial charge is 0.244 e. The number of hydrogen-bond donors (Lipinski definition) is 1. The third-order valence-electron chi connectivity index (χ3n) is 6.04. The second-order valence-corrected chi connectivity index (χ2v) is 10.3. The Balaban J connectivity index is 1.66. The van der Waals surface area contributed by atoms with Gasteiger partial charge in [0.05, 0.1) is 10.9 Å². The number of ketones is 1. The molecule has 32 heavy (non-hydrogen) atoms. The number of aromatic nitrogens is 1. The Hall–Kier alpha value is -2.93. The van der Waals surface area contributed by atoms with Gasteiger partial charge in [0, 0.05) is 33.7 Å². The van der Waals surface area contributed by atoms with Crippen LogP contribution in [-0.4, -0.2) is 30.0 Å². The van der Waals surface area contributed by atoms with Crippen LogP contribution in [0.2, 0.25) is 5.02 Å². The molecule has 162 valence electrons. The van der Waals surface area contributed by atoms with Gasteiger partial charge in [-0.05, 0) is 54.8 Å². The van der Waals surface area contributed by atoms with Gasteiger partial charge in [-0.3, -0.25) is 4.79 Å². The molecule has 4 aromatic rings. The van der Waals surface area contributed by atoms with E-state index in [9.17, 15) is 13.2 Å². The van der Waals surface area contributed by atoms with E-state index < -0.39 is 16.1 Å². The van der Waals surface area contributed by atoms with Gasteiger partial charge in [-0.1, -0.05) is 54.1 Å². The number of nitrogens with zero attached hydrogens (tertiary/aromatic N) is 1. The average Bonchev–Trinajstić information content (AvgIpc) is 3.18. The van der Waals surface area contributed by atoms with Gasteiger partial charge in [0.15, 0.2) is 5.78 Å². The quantitative estimate of drug-likeness (QED) is 0.413. The number of fused-ring (bicyclic) bond motifs is 3. The normalized spacial score (nSPS) is 16.8. The van der Waals surface area contributed by atoms with E-state index in [0.717, 1.165) is 27.7 Å². The SMILES string of the molecule is CC(=O)c1ccc(S(=O)(=O)N2CCc3c([nH]c4ccccc34)[C@H]2c2ccc(Cl)cc2)cc1. The third-order valence-corrected chi connectivity index (χ3v) is 8.17. The van der Waals surface area contributed by atoms with Crippen molar-refractivity contribution in [2.75, 3.05) is 6.54 Å². The number of Topliss-reactive ketones (excluding diaryl/α,β-unsaturated/α-hetero) is 1. The van der Waals surface area contributed by atoms with E-state index >= 15 is 0 Å². The van der Waals surface area contributed by atoms with Crippen LogP contribution in [0.5, 0.6) is 0 Å². The number of nitrogens with one attached hydrogen (secondary N) is 1. The van der Waals surface area contributed by atoms with E-state index in [1.54, 1.807) is 24.3 Å². The van der Waals surface area contributed by atoms with Crippen LogP contribution in [0.4, 0.5) is 0 Å². The molecule has 2 heterocycles. The molecule has 5 nitrogen and oxygen atoms in total. The molecule has 0 radical (unpaired) electrons. The Morgan fingerprint density at radius 1 is 1.00 bits per heavy atom. The Morgan fingerprint density at radius 3 is 2.38 bits per heavy atom. The molecule has 5 rings (SSSR count). The van der Waals surface area contributed by atoms with Crippen LogP contribution in [0.1, 0.15) is 40.1 Å². The first-order valence-corrected chi connectivity index (χ1v) is 12.2. The average molecular weight is 465 g/mol. The second kappa shape index (κ2) is 7.89. The maximum atomic E-state index is 13.7. The van der Waals surface area contributed by atoms with Crippen molar-refractivity contribution >= 4 is 38.3 Å². The molecule has 0 saturated carbocycles. The van der Waals surface area contributed by atoms with Crippen molar-refractivity contribution in [3.05, 3.63) is 100 Å². The Labute approximate surface area is 191 Å². The molecule has 0 saturated heterocycles. The van der Waals surface area contributed by atoms with Crippen LogP contribution < -0.4 is 0 Å². The molecule has 7 heteroatoms. The number of para-hydroxylation sites is 1. The lowest BCUT2D eigenvalue weighted by molar-refractivity contribution is 0.101. The first kappa shape index (κ1) is 20.9. The van der Waals surface area contributed by atoms with Crippen molar-refractivity contribution in [3.63, 3.8) is 0 Å². The van der Waals surface area contributed by atoms with Gasteiger partial charge < -0.3 is 4.98 Å². The summed E-state index contributed by atoms with van der Waals surface area (Å²) in [7, 11) is -3.82. The summed E-state index contributed by atoms with van der Waals surface area (Å²) in [6.45, 7) is 1.81. The first-order valence-electron chi connectivity index (χ1n) is 10.3. The number of hydrogen-bond acceptors (Lipinski definition) is 3. The number of rotatable bonds is 4. The molecule has 1 aliphatic rings. The predicted octanol–water partition coefficient (Wildman–Crippen LogP) is 5.36. The van der Waals surface area contributed by atoms with Crippen LogP contribution in [0.15, 0.2) is 77.7 Å². The van der Waals surface area contributed by atoms with E-state index in [-0.39, 0.29) is 10.7 Å². The molecule has 3 aromatic carbocycles. The summed E-state index contributed by atoms with van der Waals surface area (Å²) in [5, 5.41) is 1.71. The molecule has 0 spiro atoms. The lowest BCUT2D eigenvalue weighted by atomic mass is 9.94. The summed E-state index contributed by atoms with van der Waals surface area (Å²) in [6, 6.07) is 20.9. The van der Waals surface area contributed by atoms with Crippen molar-refractivity contribution in [1.29, 1.82) is 0 Å². The van der Waals surface area contributed by atoms with E-state index in [4.69, 9.17) is 11.6 Å². The van der Waals surface area contributed by atoms with Gasteiger partial charge in [0.25, 0.3) is 0 Å². The summed E-state index contributed by atoms with van der Waals surface area (Å²) in [5.74, 6) is -0.103. The second-order valence-electron chi connectivity index (χ2n) is 7.96. The van der Waals surface area contributed by atoms with Crippen molar-refractivity contribution in [2.45, 2.75) is 24.3 Å². The maximum absolute atomic E-state index is 13.7. The molecule has 0 unspecified atom stereocenters. The molecule has 0 fully saturated rings. The van der Waals surface area contributed by atoms with E-state index in [2.05, 4.69) is 11.1 Å². The molecule has 0 bridgehead atoms. The minimum absolute atomic E-state index is 0.103. The number of carbonyl (C=O) groups is 1. The molecule has 1 atom stereocenters. The van der Waals surface area contributed by atoms with Gasteiger partial charge in [0.1, 0.15) is 0 Å². The highest BCUT2D eigenvalue weighted by molar-refractivity contribution is 7.89. The minimum Gasteiger partial charge on any atom is -0.357 e. The summed E-state index contributed by atoms with van der Waals surface area (Å²) >= 11 is 6.11. The fourth-order valence-electron chi connectivity index (χ4n) is 4.45. The Morgan fingerprint density at radius 2 is 1.69 bits per heavy atom. The van der Waals surface area contributed by atoms with Crippen molar-refractivity contribution in [2.24, 2.45) is 0 Å². The number of sulfonamides is 1. The van der Waals surface area contributed by atoms with Gasteiger partial charge in [-0.2, -0.15) is 4.31 Å². The van der Waals surface area contributed by atoms with Crippen LogP contribution in [0, 0.1) is 0 Å². The standard InChI is InChI=1S/C25H21ClN2O3S/c1-16(29)17-8-12-20(13-9-17)32(30,31)28-15-14-22-21-4-2-3-5-23(21)27-24(22)25(28)18-6-10-19(26)11-7-18/h2-13,25,27H,14-15H2,1H3/t25-/m1/s1. The van der Waals surface area contributed by atoms with E-state index in [0.29, 0.717) is 23.6 Å². The predicted molar refractivity (Wildman–Crippen MR) is 126 cm³/mol. The zero-order chi connectivity index (χ0) is 22.5. The minimum atomic E-state index is -3.82. The van der Waals surface area contributed by atoms with Crippen LogP contribution in [0.3, 0.4) is 0 Å². The molecular formula is C25H21ClN2O3S. The number of halogens is 1. The van der Waals surface area contributed by atoms with Gasteiger partial charge in [-0.25, -0.2) is 8.42 Å². The fraction of sp³-hybridized carbons (Fsp3) is 0.160. The number of carbonyl (C=O) groups excluding carboxylic acids is 1. The van der Waals surface area contributed by atoms with Crippen molar-refractivity contribution < 1.29 is 13.2 Å². The summed E-state index contributed by atoms with van der Waals surface area (Å²) in [5.41, 5.74) is 4.32. The van der Waals surface area contributed by atoms with Crippen LogP contribution in [-0.2, 0) is 16.4 Å². The van der Waals surface area contributed by atoms with Gasteiger partial charge in [-0.15, -0.1) is 0 Å². The van der Waals surface area contributed by atoms with E-state index in [1.165, 1.54) is 23.4 Å². The molecular weight excluding hydrogens is 444 g/mol. The van der Waals surface area contributed by atoms with Gasteiger partial charge >= 0.3 is 0 Å². The summed E-state index contributed by atoms with van der Waals surface area (Å²) in [6.07, 6.45) is 0.605. The highest BCUT2D eigenvalue weighted by Gasteiger charge is 2.39. The molecule has 1 aliphatic heterocycles. The number of aromatic amines is 1. The lowest BCUT2D eigenvalue weighted by Gasteiger charge is -2.35. The molecule has 1 N–H and O–H groups in total. The van der Waals surface area contributed by atoms with Crippen LogP contribution >= 0.6 is 11.6 Å². The maximum Gasteiger partial charge on any atom is 0.244 e. The third kappa shape index (κ3) is 3.45. The fourth-order valence-corrected chi connectivity index (χ4v) is 6.17. The Kier molecular flexibility index (Phi) is 5.16. The summed E-state index contributed by atoms with van der Waals surface area (Å²) in [4.78, 5) is 15.3. The monoisotopic (exact) mass is 464 g/mol. The zero-order valence-corrected chi connectivity index (χ0v) is 19.0. The van der Waals surface area contributed by atoms with Crippen molar-refractivity contribution in [1.82, 2.24) is 9.29 Å². The van der Waals surface area contributed by atoms with Crippen LogP contribution in [0.25, 0.3) is 10.9 Å². The van der Waals surface area contributed by atoms with Gasteiger partial charge in [0.2, 0.25) is 10.0 Å². The topological polar surface area (TPSA) is 70.2 Å². The number of benzene rings is 3. The molecule has 0 aliphatic carbocycles. The Bertz CT molecular complexity index is 1420. The highest BCUT2D eigenvalue weighted by Crippen LogP contribution is 2.41.